The molecule has 0 aliphatic rings. The van der Waals surface area contributed by atoms with Crippen LogP contribution in [-0.2, 0) is 6.54 Å². The number of nitrogens with zero attached hydrogens (tertiary/aromatic N) is 2. The molecule has 20 heavy (non-hydrogen) atoms. The van der Waals surface area contributed by atoms with E-state index in [4.69, 9.17) is 5.73 Å². The van der Waals surface area contributed by atoms with Gasteiger partial charge in [0.1, 0.15) is 9.71 Å². The Bertz CT molecular complexity index is 754. The van der Waals surface area contributed by atoms with Gasteiger partial charge in [0.05, 0.1) is 17.9 Å². The van der Waals surface area contributed by atoms with Crippen molar-refractivity contribution < 1.29 is 4.79 Å². The van der Waals surface area contributed by atoms with Gasteiger partial charge in [-0.05, 0) is 24.3 Å². The van der Waals surface area contributed by atoms with Crippen LogP contribution >= 0.6 is 11.3 Å². The van der Waals surface area contributed by atoms with E-state index < -0.39 is 0 Å². The number of rotatable bonds is 3. The van der Waals surface area contributed by atoms with Gasteiger partial charge in [0, 0.05) is 17.8 Å². The number of hydrogen-bond donors (Lipinski definition) is 2. The number of amides is 1. The van der Waals surface area contributed by atoms with Crippen molar-refractivity contribution >= 4 is 33.1 Å². The molecule has 0 unspecified atom stereocenters. The summed E-state index contributed by atoms with van der Waals surface area (Å²) < 4.78 is 0. The van der Waals surface area contributed by atoms with E-state index in [0.29, 0.717) is 17.1 Å². The third kappa shape index (κ3) is 2.33. The molecule has 3 N–H and O–H groups in total. The summed E-state index contributed by atoms with van der Waals surface area (Å²) >= 11 is 1.30. The third-order valence-corrected chi connectivity index (χ3v) is 4.00. The number of carbonyl (C=O) groups excluding carboxylic acids is 1. The van der Waals surface area contributed by atoms with Gasteiger partial charge in [-0.1, -0.05) is 6.07 Å². The lowest BCUT2D eigenvalue weighted by Crippen LogP contribution is -2.23. The summed E-state index contributed by atoms with van der Waals surface area (Å²) in [7, 11) is 0. The fourth-order valence-corrected chi connectivity index (χ4v) is 2.85. The number of aromatic nitrogens is 2. The number of pyridine rings is 2. The molecule has 6 heteroatoms. The SMILES string of the molecule is Nc1c(C(=O)NCc2ccccn2)sc2ncccc12. The summed E-state index contributed by atoms with van der Waals surface area (Å²) in [6, 6.07) is 9.24. The third-order valence-electron chi connectivity index (χ3n) is 2.87. The van der Waals surface area contributed by atoms with Crippen molar-refractivity contribution in [1.82, 2.24) is 15.3 Å². The number of nitrogen functional groups attached to an aromatic ring is 1. The van der Waals surface area contributed by atoms with Gasteiger partial charge in [0.25, 0.3) is 5.91 Å². The smallest absolute Gasteiger partial charge is 0.263 e. The van der Waals surface area contributed by atoms with E-state index in [1.54, 1.807) is 18.5 Å². The summed E-state index contributed by atoms with van der Waals surface area (Å²) in [6.45, 7) is 0.376. The fourth-order valence-electron chi connectivity index (χ4n) is 1.87. The van der Waals surface area contributed by atoms with E-state index >= 15 is 0 Å². The highest BCUT2D eigenvalue weighted by molar-refractivity contribution is 7.21. The Hall–Kier alpha value is -2.47. The molecule has 0 saturated heterocycles. The van der Waals surface area contributed by atoms with Crippen LogP contribution in [0.1, 0.15) is 15.4 Å². The maximum Gasteiger partial charge on any atom is 0.263 e. The average molecular weight is 284 g/mol. The van der Waals surface area contributed by atoms with E-state index in [1.807, 2.05) is 24.3 Å². The first-order valence-corrected chi connectivity index (χ1v) is 6.88. The predicted octanol–water partition coefficient (Wildman–Crippen LogP) is 2.20. The minimum absolute atomic E-state index is 0.198. The Labute approximate surface area is 119 Å². The van der Waals surface area contributed by atoms with Gasteiger partial charge in [-0.3, -0.25) is 9.78 Å². The standard InChI is InChI=1S/C14H12N4OS/c15-11-10-5-3-7-17-14(10)20-12(11)13(19)18-8-9-4-1-2-6-16-9/h1-7H,8,15H2,(H,18,19). The molecule has 0 aliphatic heterocycles. The lowest BCUT2D eigenvalue weighted by atomic mass is 10.2. The van der Waals surface area contributed by atoms with Crippen LogP contribution in [0.15, 0.2) is 42.7 Å². The maximum absolute atomic E-state index is 12.2. The van der Waals surface area contributed by atoms with Crippen LogP contribution in [-0.4, -0.2) is 15.9 Å². The summed E-state index contributed by atoms with van der Waals surface area (Å²) in [5.74, 6) is -0.198. The molecule has 1 amide bonds. The number of nitrogens with one attached hydrogen (secondary N) is 1. The molecule has 3 rings (SSSR count). The molecule has 0 fully saturated rings. The zero-order valence-electron chi connectivity index (χ0n) is 10.5. The van der Waals surface area contributed by atoms with Gasteiger partial charge in [-0.15, -0.1) is 11.3 Å². The highest BCUT2D eigenvalue weighted by atomic mass is 32.1. The van der Waals surface area contributed by atoms with Crippen molar-refractivity contribution in [2.24, 2.45) is 0 Å². The van der Waals surface area contributed by atoms with E-state index in [-0.39, 0.29) is 5.91 Å². The fraction of sp³-hybridized carbons (Fsp3) is 0.0714. The van der Waals surface area contributed by atoms with Crippen LogP contribution in [0.2, 0.25) is 0 Å². The van der Waals surface area contributed by atoms with E-state index in [1.165, 1.54) is 11.3 Å². The van der Waals surface area contributed by atoms with Crippen LogP contribution in [0.25, 0.3) is 10.2 Å². The molecule has 3 aromatic heterocycles. The van der Waals surface area contributed by atoms with E-state index in [0.717, 1.165) is 15.9 Å². The van der Waals surface area contributed by atoms with Crippen LogP contribution < -0.4 is 11.1 Å². The largest absolute Gasteiger partial charge is 0.397 e. The van der Waals surface area contributed by atoms with Crippen LogP contribution in [0.5, 0.6) is 0 Å². The number of hydrogen-bond acceptors (Lipinski definition) is 5. The Morgan fingerprint density at radius 1 is 1.20 bits per heavy atom. The lowest BCUT2D eigenvalue weighted by Gasteiger charge is -2.03. The first-order chi connectivity index (χ1) is 9.75. The highest BCUT2D eigenvalue weighted by Gasteiger charge is 2.16. The quantitative estimate of drug-likeness (QED) is 0.772. The van der Waals surface area contributed by atoms with Gasteiger partial charge in [-0.25, -0.2) is 4.98 Å². The van der Waals surface area contributed by atoms with Crippen LogP contribution in [0, 0.1) is 0 Å². The number of anilines is 1. The van der Waals surface area contributed by atoms with Crippen LogP contribution in [0.3, 0.4) is 0 Å². The second-order valence-corrected chi connectivity index (χ2v) is 5.20. The number of fused-ring (bicyclic) bond motifs is 1. The first kappa shape index (κ1) is 12.6. The monoisotopic (exact) mass is 284 g/mol. The van der Waals surface area contributed by atoms with Crippen molar-refractivity contribution in [3.8, 4) is 0 Å². The molecule has 3 heterocycles. The number of thiophene rings is 1. The minimum atomic E-state index is -0.198. The normalized spacial score (nSPS) is 10.6. The predicted molar refractivity (Wildman–Crippen MR) is 79.4 cm³/mol. The van der Waals surface area contributed by atoms with Gasteiger partial charge in [0.15, 0.2) is 0 Å². The molecule has 0 atom stereocenters. The molecule has 0 saturated carbocycles. The number of carbonyl (C=O) groups is 1. The Morgan fingerprint density at radius 2 is 2.05 bits per heavy atom. The zero-order chi connectivity index (χ0) is 13.9. The molecule has 3 aromatic rings. The molecule has 0 spiro atoms. The van der Waals surface area contributed by atoms with Crippen molar-refractivity contribution in [1.29, 1.82) is 0 Å². The average Bonchev–Trinajstić information content (AvgIpc) is 2.84. The van der Waals surface area contributed by atoms with Crippen molar-refractivity contribution in [2.45, 2.75) is 6.54 Å². The molecule has 100 valence electrons. The zero-order valence-corrected chi connectivity index (χ0v) is 11.4. The molecule has 0 aliphatic carbocycles. The van der Waals surface area contributed by atoms with Gasteiger partial charge < -0.3 is 11.1 Å². The Balaban J connectivity index is 1.81. The summed E-state index contributed by atoms with van der Waals surface area (Å²) in [5, 5.41) is 3.64. The van der Waals surface area contributed by atoms with Gasteiger partial charge >= 0.3 is 0 Å². The van der Waals surface area contributed by atoms with Crippen molar-refractivity contribution in [3.05, 3.63) is 53.3 Å². The van der Waals surface area contributed by atoms with E-state index in [2.05, 4.69) is 15.3 Å². The van der Waals surface area contributed by atoms with Crippen LogP contribution in [0.4, 0.5) is 5.69 Å². The van der Waals surface area contributed by atoms with E-state index in [9.17, 15) is 4.79 Å². The van der Waals surface area contributed by atoms with Crippen molar-refractivity contribution in [2.75, 3.05) is 5.73 Å². The Morgan fingerprint density at radius 3 is 2.80 bits per heavy atom. The highest BCUT2D eigenvalue weighted by Crippen LogP contribution is 2.31. The second kappa shape index (κ2) is 5.26. The summed E-state index contributed by atoms with van der Waals surface area (Å²) in [6.07, 6.45) is 3.38. The molecule has 5 nitrogen and oxygen atoms in total. The molecule has 0 radical (unpaired) electrons. The van der Waals surface area contributed by atoms with Crippen molar-refractivity contribution in [3.63, 3.8) is 0 Å². The van der Waals surface area contributed by atoms with Gasteiger partial charge in [-0.2, -0.15) is 0 Å². The number of nitrogens with two attached hydrogens (primary N) is 1. The summed E-state index contributed by atoms with van der Waals surface area (Å²) in [4.78, 5) is 21.8. The molecule has 0 aromatic carbocycles. The lowest BCUT2D eigenvalue weighted by molar-refractivity contribution is 0.0955. The first-order valence-electron chi connectivity index (χ1n) is 6.07. The second-order valence-electron chi connectivity index (χ2n) is 4.20. The molecular formula is C14H12N4OS. The minimum Gasteiger partial charge on any atom is -0.397 e. The topological polar surface area (TPSA) is 80.9 Å². The maximum atomic E-state index is 12.2. The molecular weight excluding hydrogens is 272 g/mol. The summed E-state index contributed by atoms with van der Waals surface area (Å²) in [5.41, 5.74) is 7.29. The molecule has 0 bridgehead atoms. The Kier molecular flexibility index (Phi) is 3.30. The van der Waals surface area contributed by atoms with Gasteiger partial charge in [0.2, 0.25) is 0 Å².